The topological polar surface area (TPSA) is 90.9 Å². The van der Waals surface area contributed by atoms with Crippen LogP contribution in [0.25, 0.3) is 0 Å². The molecule has 7 nitrogen and oxygen atoms in total. The molecule has 0 aliphatic carbocycles. The van der Waals surface area contributed by atoms with Gasteiger partial charge >= 0.3 is 6.03 Å². The number of aliphatic hydroxyl groups excluding tert-OH is 1. The lowest BCUT2D eigenvalue weighted by molar-refractivity contribution is -0.118. The molecule has 1 atom stereocenters. The van der Waals surface area contributed by atoms with Gasteiger partial charge in [-0.15, -0.1) is 0 Å². The van der Waals surface area contributed by atoms with Gasteiger partial charge in [0.05, 0.1) is 34.4 Å². The molecule has 0 bridgehead atoms. The maximum Gasteiger partial charge on any atom is 0.318 e. The van der Waals surface area contributed by atoms with E-state index in [1.165, 1.54) is 10.1 Å². The van der Waals surface area contributed by atoms with Crippen LogP contribution in [-0.4, -0.2) is 56.3 Å². The normalized spacial score (nSPS) is 15.2. The van der Waals surface area contributed by atoms with Crippen LogP contribution in [-0.2, 0) is 4.79 Å². The minimum atomic E-state index is -1.43. The van der Waals surface area contributed by atoms with Crippen molar-refractivity contribution in [3.05, 3.63) is 54.1 Å². The Morgan fingerprint density at radius 2 is 1.67 bits per heavy atom. The molecule has 8 heteroatoms. The molecule has 1 fully saturated rings. The summed E-state index contributed by atoms with van der Waals surface area (Å²) in [5.74, 6) is 0.326. The standard InChI is InChI=1S/C22H29N3O4Si/c1-29-18-9-5-15(6-10-18)20(24-22(28)25-13-17(26)14-25)21(27)23-16-7-11-19(12-8-16)30(2,3)4/h5-12,17,20,26H,13-14H2,1-4H3,(H,23,27)(H,24,28)/t20-/m1/s1. The monoisotopic (exact) mass is 427 g/mol. The van der Waals surface area contributed by atoms with Crippen molar-refractivity contribution in [2.24, 2.45) is 0 Å². The van der Waals surface area contributed by atoms with Crippen molar-refractivity contribution < 1.29 is 19.4 Å². The van der Waals surface area contributed by atoms with Crippen LogP contribution in [0.3, 0.4) is 0 Å². The molecule has 0 spiro atoms. The molecule has 3 N–H and O–H groups in total. The summed E-state index contributed by atoms with van der Waals surface area (Å²) in [5, 5.41) is 16.4. The van der Waals surface area contributed by atoms with Crippen LogP contribution in [0.4, 0.5) is 10.5 Å². The maximum atomic E-state index is 13.1. The number of carbonyl (C=O) groups is 2. The van der Waals surface area contributed by atoms with Crippen molar-refractivity contribution in [3.8, 4) is 5.75 Å². The zero-order valence-corrected chi connectivity index (χ0v) is 18.8. The second-order valence-electron chi connectivity index (χ2n) is 8.53. The SMILES string of the molecule is COc1ccc([C@@H](NC(=O)N2CC(O)C2)C(=O)Nc2ccc([Si](C)(C)C)cc2)cc1. The van der Waals surface area contributed by atoms with E-state index in [-0.39, 0.29) is 25.0 Å². The molecular weight excluding hydrogens is 398 g/mol. The Morgan fingerprint density at radius 1 is 1.07 bits per heavy atom. The van der Waals surface area contributed by atoms with E-state index in [4.69, 9.17) is 4.74 Å². The van der Waals surface area contributed by atoms with Gasteiger partial charge in [-0.3, -0.25) is 4.79 Å². The number of aliphatic hydroxyl groups is 1. The third-order valence-electron chi connectivity index (χ3n) is 5.15. The second-order valence-corrected chi connectivity index (χ2v) is 13.6. The number of amides is 3. The number of ether oxygens (including phenoxy) is 1. The van der Waals surface area contributed by atoms with E-state index in [1.807, 2.05) is 24.3 Å². The van der Waals surface area contributed by atoms with E-state index >= 15 is 0 Å². The number of hydrogen-bond acceptors (Lipinski definition) is 4. The van der Waals surface area contributed by atoms with Gasteiger partial charge in [0, 0.05) is 5.69 Å². The molecule has 1 aliphatic rings. The summed E-state index contributed by atoms with van der Waals surface area (Å²) in [7, 11) is 0.145. The fourth-order valence-electron chi connectivity index (χ4n) is 3.20. The molecule has 0 saturated carbocycles. The van der Waals surface area contributed by atoms with E-state index < -0.39 is 20.2 Å². The number of nitrogens with one attached hydrogen (secondary N) is 2. The zero-order chi connectivity index (χ0) is 21.9. The van der Waals surface area contributed by atoms with Gasteiger partial charge in [-0.1, -0.05) is 49.1 Å². The van der Waals surface area contributed by atoms with Crippen molar-refractivity contribution in [2.45, 2.75) is 31.8 Å². The van der Waals surface area contributed by atoms with Crippen molar-refractivity contribution in [1.29, 1.82) is 0 Å². The highest BCUT2D eigenvalue weighted by Crippen LogP contribution is 2.21. The van der Waals surface area contributed by atoms with E-state index in [0.717, 1.165) is 0 Å². The molecule has 3 rings (SSSR count). The molecule has 0 unspecified atom stereocenters. The highest BCUT2D eigenvalue weighted by molar-refractivity contribution is 6.88. The Balaban J connectivity index is 1.77. The average Bonchev–Trinajstić information content (AvgIpc) is 2.69. The molecule has 0 radical (unpaired) electrons. The Kier molecular flexibility index (Phi) is 6.48. The Labute approximate surface area is 178 Å². The minimum absolute atomic E-state index is 0.265. The zero-order valence-electron chi connectivity index (χ0n) is 17.8. The van der Waals surface area contributed by atoms with Crippen molar-refractivity contribution in [1.82, 2.24) is 10.2 Å². The van der Waals surface area contributed by atoms with E-state index in [1.54, 1.807) is 31.4 Å². The number of methoxy groups -OCH3 is 1. The van der Waals surface area contributed by atoms with Crippen LogP contribution in [0, 0.1) is 0 Å². The first-order valence-electron chi connectivity index (χ1n) is 9.96. The molecule has 30 heavy (non-hydrogen) atoms. The number of β-amino-alcohol motifs (C(OH)–C–C–N with tert-alkyl or cyclic N) is 1. The van der Waals surface area contributed by atoms with Crippen molar-refractivity contribution in [2.75, 3.05) is 25.5 Å². The van der Waals surface area contributed by atoms with Gasteiger partial charge in [-0.05, 0) is 29.8 Å². The van der Waals surface area contributed by atoms with E-state index in [9.17, 15) is 14.7 Å². The number of likely N-dealkylation sites (tertiary alicyclic amines) is 1. The van der Waals surface area contributed by atoms with Crippen LogP contribution in [0.15, 0.2) is 48.5 Å². The van der Waals surface area contributed by atoms with E-state index in [2.05, 4.69) is 30.3 Å². The molecule has 2 aromatic rings. The first-order chi connectivity index (χ1) is 14.2. The lowest BCUT2D eigenvalue weighted by Gasteiger charge is -2.36. The first kappa shape index (κ1) is 21.9. The lowest BCUT2D eigenvalue weighted by Crippen LogP contribution is -2.57. The van der Waals surface area contributed by atoms with Crippen LogP contribution in [0.2, 0.25) is 19.6 Å². The molecule has 160 valence electrons. The van der Waals surface area contributed by atoms with Gasteiger partial charge in [0.25, 0.3) is 5.91 Å². The summed E-state index contributed by atoms with van der Waals surface area (Å²) >= 11 is 0. The number of rotatable bonds is 6. The molecule has 1 aliphatic heterocycles. The lowest BCUT2D eigenvalue weighted by atomic mass is 10.1. The quantitative estimate of drug-likeness (QED) is 0.617. The number of carbonyl (C=O) groups excluding carboxylic acids is 2. The van der Waals surface area contributed by atoms with E-state index in [0.29, 0.717) is 17.0 Å². The number of anilines is 1. The highest BCUT2D eigenvalue weighted by Gasteiger charge is 2.32. The molecule has 2 aromatic carbocycles. The third-order valence-corrected chi connectivity index (χ3v) is 7.21. The van der Waals surface area contributed by atoms with Gasteiger partial charge in [-0.2, -0.15) is 0 Å². The summed E-state index contributed by atoms with van der Waals surface area (Å²) in [6.07, 6.45) is -0.506. The summed E-state index contributed by atoms with van der Waals surface area (Å²) in [6, 6.07) is 13.6. The average molecular weight is 428 g/mol. The molecular formula is C22H29N3O4Si. The first-order valence-corrected chi connectivity index (χ1v) is 13.5. The van der Waals surface area contributed by atoms with Crippen molar-refractivity contribution in [3.63, 3.8) is 0 Å². The van der Waals surface area contributed by atoms with Crippen LogP contribution in [0.5, 0.6) is 5.75 Å². The Hall–Kier alpha value is -2.84. The highest BCUT2D eigenvalue weighted by atomic mass is 28.3. The second kappa shape index (κ2) is 8.89. The number of urea groups is 1. The number of nitrogens with zero attached hydrogens (tertiary/aromatic N) is 1. The fourth-order valence-corrected chi connectivity index (χ4v) is 4.37. The third kappa shape index (κ3) is 5.20. The molecule has 0 aromatic heterocycles. The predicted molar refractivity (Wildman–Crippen MR) is 120 cm³/mol. The summed E-state index contributed by atoms with van der Waals surface area (Å²) in [4.78, 5) is 27.0. The number of hydrogen-bond donors (Lipinski definition) is 3. The molecule has 3 amide bonds. The minimum Gasteiger partial charge on any atom is -0.497 e. The van der Waals surface area contributed by atoms with Crippen LogP contribution < -0.4 is 20.6 Å². The molecule has 1 saturated heterocycles. The van der Waals surface area contributed by atoms with Gasteiger partial charge in [0.2, 0.25) is 0 Å². The predicted octanol–water partition coefficient (Wildman–Crippen LogP) is 2.31. The Bertz CT molecular complexity index is 888. The largest absolute Gasteiger partial charge is 0.497 e. The molecule has 1 heterocycles. The summed E-state index contributed by atoms with van der Waals surface area (Å²) in [6.45, 7) is 7.33. The maximum absolute atomic E-state index is 13.1. The number of benzene rings is 2. The van der Waals surface area contributed by atoms with Crippen LogP contribution >= 0.6 is 0 Å². The van der Waals surface area contributed by atoms with Gasteiger partial charge in [-0.25, -0.2) is 4.79 Å². The van der Waals surface area contributed by atoms with Crippen molar-refractivity contribution >= 4 is 30.9 Å². The van der Waals surface area contributed by atoms with Crippen LogP contribution in [0.1, 0.15) is 11.6 Å². The summed E-state index contributed by atoms with van der Waals surface area (Å²) < 4.78 is 5.18. The Morgan fingerprint density at radius 3 is 2.17 bits per heavy atom. The summed E-state index contributed by atoms with van der Waals surface area (Å²) in [5.41, 5.74) is 1.32. The van der Waals surface area contributed by atoms with Gasteiger partial charge in [0.15, 0.2) is 0 Å². The van der Waals surface area contributed by atoms with Gasteiger partial charge in [0.1, 0.15) is 11.8 Å². The smallest absolute Gasteiger partial charge is 0.318 e. The fraction of sp³-hybridized carbons (Fsp3) is 0.364. The van der Waals surface area contributed by atoms with Gasteiger partial charge < -0.3 is 25.4 Å².